The average molecular weight is 467 g/mol. The van der Waals surface area contributed by atoms with Gasteiger partial charge in [0.05, 0.1) is 22.5 Å². The van der Waals surface area contributed by atoms with Gasteiger partial charge in [-0.1, -0.05) is 18.2 Å². The molecule has 4 heterocycles. The maximum atomic E-state index is 13.6. The van der Waals surface area contributed by atoms with Gasteiger partial charge in [0.15, 0.2) is 5.82 Å². The van der Waals surface area contributed by atoms with Crippen LogP contribution >= 0.6 is 11.3 Å². The van der Waals surface area contributed by atoms with E-state index in [4.69, 9.17) is 0 Å². The van der Waals surface area contributed by atoms with Gasteiger partial charge in [-0.05, 0) is 37.3 Å². The first kappa shape index (κ1) is 21.1. The van der Waals surface area contributed by atoms with Gasteiger partial charge in [-0.2, -0.15) is 13.2 Å². The van der Waals surface area contributed by atoms with Crippen LogP contribution in [0.1, 0.15) is 24.2 Å². The zero-order valence-electron chi connectivity index (χ0n) is 17.2. The van der Waals surface area contributed by atoms with Gasteiger partial charge < -0.3 is 5.32 Å². The summed E-state index contributed by atoms with van der Waals surface area (Å²) in [6, 6.07) is 13.3. The van der Waals surface area contributed by atoms with Crippen molar-refractivity contribution in [3.63, 3.8) is 0 Å². The molecule has 0 aliphatic rings. The van der Waals surface area contributed by atoms with Gasteiger partial charge in [0.2, 0.25) is 0 Å². The molecule has 5 rings (SSSR count). The molecule has 4 aromatic heterocycles. The van der Waals surface area contributed by atoms with Crippen LogP contribution in [0.2, 0.25) is 0 Å². The number of hydrogen-bond acceptors (Lipinski definition) is 6. The normalized spacial score (nSPS) is 12.8. The number of benzene rings is 1. The minimum Gasteiger partial charge on any atom is -0.360 e. The van der Waals surface area contributed by atoms with Gasteiger partial charge in [-0.3, -0.25) is 14.3 Å². The molecule has 166 valence electrons. The summed E-state index contributed by atoms with van der Waals surface area (Å²) in [6.45, 7) is 1.81. The van der Waals surface area contributed by atoms with Crippen molar-refractivity contribution in [1.82, 2.24) is 19.5 Å². The molecule has 0 unspecified atom stereocenters. The fraction of sp³-hybridized carbons (Fsp3) is 0.130. The Hall–Kier alpha value is -3.79. The van der Waals surface area contributed by atoms with E-state index in [1.165, 1.54) is 10.9 Å². The third kappa shape index (κ3) is 3.72. The third-order valence-electron chi connectivity index (χ3n) is 5.28. The molecule has 5 aromatic rings. The number of alkyl halides is 3. The second-order valence-electron chi connectivity index (χ2n) is 7.39. The van der Waals surface area contributed by atoms with E-state index in [0.717, 1.165) is 16.7 Å². The summed E-state index contributed by atoms with van der Waals surface area (Å²) in [5, 5.41) is 3.91. The van der Waals surface area contributed by atoms with Gasteiger partial charge in [-0.25, -0.2) is 9.97 Å². The van der Waals surface area contributed by atoms with E-state index in [-0.39, 0.29) is 10.1 Å². The molecule has 10 heteroatoms. The smallest absolute Gasteiger partial charge is 0.360 e. The number of rotatable bonds is 4. The van der Waals surface area contributed by atoms with Gasteiger partial charge >= 0.3 is 6.18 Å². The number of nitrogens with zero attached hydrogens (tertiary/aromatic N) is 4. The first-order valence-electron chi connectivity index (χ1n) is 9.96. The van der Waals surface area contributed by atoms with Crippen molar-refractivity contribution in [1.29, 1.82) is 0 Å². The number of halogens is 3. The lowest BCUT2D eigenvalue weighted by molar-refractivity contribution is -0.136. The Morgan fingerprint density at radius 1 is 1.06 bits per heavy atom. The molecular weight excluding hydrogens is 451 g/mol. The van der Waals surface area contributed by atoms with Crippen LogP contribution in [0.25, 0.3) is 26.8 Å². The molecular formula is C23H16F3N5OS. The third-order valence-corrected chi connectivity index (χ3v) is 6.21. The van der Waals surface area contributed by atoms with E-state index >= 15 is 0 Å². The average Bonchev–Trinajstić information content (AvgIpc) is 3.25. The zero-order chi connectivity index (χ0) is 23.2. The molecule has 1 N–H and O–H groups in total. The van der Waals surface area contributed by atoms with E-state index in [1.54, 1.807) is 54.7 Å². The highest BCUT2D eigenvalue weighted by Gasteiger charge is 2.35. The summed E-state index contributed by atoms with van der Waals surface area (Å²) in [5.74, 6) is 0.461. The Morgan fingerprint density at radius 2 is 1.85 bits per heavy atom. The van der Waals surface area contributed by atoms with E-state index < -0.39 is 23.3 Å². The maximum absolute atomic E-state index is 13.6. The van der Waals surface area contributed by atoms with Crippen LogP contribution in [0.15, 0.2) is 71.2 Å². The molecule has 0 fully saturated rings. The summed E-state index contributed by atoms with van der Waals surface area (Å²) in [4.78, 5) is 26.3. The summed E-state index contributed by atoms with van der Waals surface area (Å²) in [6.07, 6.45) is -1.60. The van der Waals surface area contributed by atoms with Crippen molar-refractivity contribution in [2.75, 3.05) is 5.32 Å². The van der Waals surface area contributed by atoms with Crippen molar-refractivity contribution in [3.8, 4) is 5.69 Å². The molecule has 0 aliphatic carbocycles. The van der Waals surface area contributed by atoms with Crippen LogP contribution < -0.4 is 10.9 Å². The lowest BCUT2D eigenvalue weighted by Gasteiger charge is -2.21. The largest absolute Gasteiger partial charge is 0.418 e. The number of hydrogen-bond donors (Lipinski definition) is 1. The van der Waals surface area contributed by atoms with Gasteiger partial charge in [-0.15, -0.1) is 11.3 Å². The minimum atomic E-state index is -4.62. The summed E-state index contributed by atoms with van der Waals surface area (Å²) in [7, 11) is 0. The molecule has 1 atom stereocenters. The van der Waals surface area contributed by atoms with Crippen molar-refractivity contribution in [3.05, 3.63) is 88.0 Å². The number of aromatic nitrogens is 4. The van der Waals surface area contributed by atoms with Crippen LogP contribution in [0.5, 0.6) is 0 Å². The molecule has 0 amide bonds. The number of fused-ring (bicyclic) bond motifs is 2. The fourth-order valence-corrected chi connectivity index (χ4v) is 4.78. The zero-order valence-corrected chi connectivity index (χ0v) is 18.0. The Kier molecular flexibility index (Phi) is 5.09. The molecule has 0 spiro atoms. The summed E-state index contributed by atoms with van der Waals surface area (Å²) < 4.78 is 42.3. The number of para-hydroxylation sites is 1. The number of anilines is 1. The molecule has 6 nitrogen and oxygen atoms in total. The highest BCUT2D eigenvalue weighted by atomic mass is 32.1. The standard InChI is InChI=1S/C23H16F3N5OS/c1-13(30-21-20-16(28-12-29-21)8-5-9-27-20)17-10-18-19(15(11-33-18)23(24,25)26)22(32)31(17)14-6-3-2-4-7-14/h2-13H,1H3,(H,28,29,30)/t13-/m0/s1. The maximum Gasteiger partial charge on any atom is 0.418 e. The minimum absolute atomic E-state index is 0.272. The molecule has 0 aliphatic heterocycles. The van der Waals surface area contributed by atoms with Crippen molar-refractivity contribution < 1.29 is 13.2 Å². The van der Waals surface area contributed by atoms with Crippen LogP contribution in [0.4, 0.5) is 19.0 Å². The second-order valence-corrected chi connectivity index (χ2v) is 8.30. The monoisotopic (exact) mass is 467 g/mol. The van der Waals surface area contributed by atoms with Gasteiger partial charge in [0.25, 0.3) is 5.56 Å². The van der Waals surface area contributed by atoms with Crippen LogP contribution in [0, 0.1) is 0 Å². The van der Waals surface area contributed by atoms with Crippen LogP contribution in [-0.4, -0.2) is 19.5 Å². The topological polar surface area (TPSA) is 72.7 Å². The lowest BCUT2D eigenvalue weighted by Crippen LogP contribution is -2.26. The first-order chi connectivity index (χ1) is 15.8. The van der Waals surface area contributed by atoms with Crippen molar-refractivity contribution >= 4 is 38.3 Å². The molecule has 33 heavy (non-hydrogen) atoms. The Balaban J connectivity index is 1.71. The fourth-order valence-electron chi connectivity index (χ4n) is 3.78. The van der Waals surface area contributed by atoms with Gasteiger partial charge in [0, 0.05) is 27.7 Å². The lowest BCUT2D eigenvalue weighted by atomic mass is 10.1. The van der Waals surface area contributed by atoms with Crippen LogP contribution in [0.3, 0.4) is 0 Å². The van der Waals surface area contributed by atoms with Crippen molar-refractivity contribution in [2.45, 2.75) is 19.1 Å². The quantitative estimate of drug-likeness (QED) is 0.374. The summed E-state index contributed by atoms with van der Waals surface area (Å²) >= 11 is 0.900. The number of nitrogens with one attached hydrogen (secondary N) is 1. The molecule has 1 aromatic carbocycles. The number of pyridine rings is 2. The highest BCUT2D eigenvalue weighted by Crippen LogP contribution is 2.38. The van der Waals surface area contributed by atoms with E-state index in [1.807, 2.05) is 6.92 Å². The van der Waals surface area contributed by atoms with E-state index in [0.29, 0.717) is 28.2 Å². The van der Waals surface area contributed by atoms with Crippen LogP contribution in [-0.2, 0) is 6.18 Å². The van der Waals surface area contributed by atoms with E-state index in [2.05, 4.69) is 20.3 Å². The Labute approximate surface area is 189 Å². The predicted octanol–water partition coefficient (Wildman–Crippen LogP) is 5.58. The Morgan fingerprint density at radius 3 is 2.61 bits per heavy atom. The van der Waals surface area contributed by atoms with Crippen molar-refractivity contribution in [2.24, 2.45) is 0 Å². The molecule has 0 saturated carbocycles. The molecule has 0 saturated heterocycles. The molecule has 0 radical (unpaired) electrons. The SMILES string of the molecule is C[C@H](Nc1ncnc2cccnc12)c1cc2scc(C(F)(F)F)c2c(=O)n1-c1ccccc1. The summed E-state index contributed by atoms with van der Waals surface area (Å²) in [5.41, 5.74) is 0.523. The number of thiophene rings is 1. The molecule has 0 bridgehead atoms. The van der Waals surface area contributed by atoms with E-state index in [9.17, 15) is 18.0 Å². The Bertz CT molecular complexity index is 1520. The second kappa shape index (κ2) is 7.96. The first-order valence-corrected chi connectivity index (χ1v) is 10.8. The van der Waals surface area contributed by atoms with Gasteiger partial charge in [0.1, 0.15) is 11.8 Å². The predicted molar refractivity (Wildman–Crippen MR) is 122 cm³/mol. The highest BCUT2D eigenvalue weighted by molar-refractivity contribution is 7.17.